The number of carboxylic acids is 2. The lowest BCUT2D eigenvalue weighted by molar-refractivity contribution is -0.193. The van der Waals surface area contributed by atoms with Gasteiger partial charge in [-0.05, 0) is 47.9 Å². The van der Waals surface area contributed by atoms with Crippen LogP contribution in [0.2, 0.25) is 0 Å². The van der Waals surface area contributed by atoms with Crippen LogP contribution < -0.4 is 9.47 Å². The monoisotopic (exact) mass is 575 g/mol. The molecule has 0 saturated heterocycles. The molecule has 2 aromatic heterocycles. The molecule has 0 bridgehead atoms. The topological polar surface area (TPSA) is 148 Å². The number of fused-ring (bicyclic) bond motifs is 2. The molecule has 0 fully saturated rings. The van der Waals surface area contributed by atoms with Crippen molar-refractivity contribution in [1.29, 1.82) is 0 Å². The Bertz CT molecular complexity index is 1440. The lowest BCUT2D eigenvalue weighted by Gasteiger charge is -2.23. The highest BCUT2D eigenvalue weighted by atomic mass is 19.4. The highest BCUT2D eigenvalue weighted by molar-refractivity contribution is 5.80. The van der Waals surface area contributed by atoms with Crippen molar-refractivity contribution < 1.29 is 60.0 Å². The lowest BCUT2D eigenvalue weighted by Crippen LogP contribution is -2.21. The van der Waals surface area contributed by atoms with E-state index in [0.717, 1.165) is 45.7 Å². The predicted molar refractivity (Wildman–Crippen MR) is 124 cm³/mol. The van der Waals surface area contributed by atoms with E-state index in [-0.39, 0.29) is 5.92 Å². The van der Waals surface area contributed by atoms with E-state index < -0.39 is 24.3 Å². The van der Waals surface area contributed by atoms with Crippen LogP contribution in [-0.2, 0) is 16.0 Å². The lowest BCUT2D eigenvalue weighted by atomic mass is 9.96. The number of nitrogens with one attached hydrogen (secondary N) is 1. The number of aromatic amines is 1. The second-order valence-corrected chi connectivity index (χ2v) is 8.01. The van der Waals surface area contributed by atoms with Gasteiger partial charge in [0.2, 0.25) is 5.89 Å². The van der Waals surface area contributed by atoms with Crippen molar-refractivity contribution in [2.24, 2.45) is 0 Å². The Morgan fingerprint density at radius 3 is 2.20 bits per heavy atom. The first-order chi connectivity index (χ1) is 18.7. The molecule has 1 unspecified atom stereocenters. The van der Waals surface area contributed by atoms with Crippen molar-refractivity contribution in [3.63, 3.8) is 0 Å². The van der Waals surface area contributed by atoms with Crippen LogP contribution in [0.1, 0.15) is 17.4 Å². The average Bonchev–Trinajstić information content (AvgIpc) is 3.57. The summed E-state index contributed by atoms with van der Waals surface area (Å²) in [5, 5.41) is 21.1. The van der Waals surface area contributed by atoms with Gasteiger partial charge in [-0.25, -0.2) is 14.6 Å². The quantitative estimate of drug-likeness (QED) is 0.280. The molecule has 2 aromatic carbocycles. The zero-order valence-electron chi connectivity index (χ0n) is 20.2. The van der Waals surface area contributed by atoms with Crippen LogP contribution in [0.25, 0.3) is 22.2 Å². The molecule has 0 amide bonds. The zero-order chi connectivity index (χ0) is 29.7. The Kier molecular flexibility index (Phi) is 8.91. The molecule has 40 heavy (non-hydrogen) atoms. The number of carbonyl (C=O) groups is 2. The van der Waals surface area contributed by atoms with E-state index in [1.54, 1.807) is 13.3 Å². The largest absolute Gasteiger partial charge is 0.497 e. The van der Waals surface area contributed by atoms with E-state index in [9.17, 15) is 26.3 Å². The van der Waals surface area contributed by atoms with E-state index >= 15 is 0 Å². The van der Waals surface area contributed by atoms with E-state index in [0.29, 0.717) is 12.5 Å². The summed E-state index contributed by atoms with van der Waals surface area (Å²) >= 11 is 0. The van der Waals surface area contributed by atoms with Gasteiger partial charge in [0.05, 0.1) is 19.2 Å². The molecule has 5 rings (SSSR count). The molecule has 3 heterocycles. The maximum atomic E-state index is 10.6. The summed E-state index contributed by atoms with van der Waals surface area (Å²) in [6.45, 7) is 0.556. The molecule has 0 aliphatic carbocycles. The molecule has 1 aliphatic rings. The number of benzene rings is 2. The van der Waals surface area contributed by atoms with Crippen LogP contribution >= 0.6 is 0 Å². The molecule has 214 valence electrons. The third-order valence-electron chi connectivity index (χ3n) is 5.24. The van der Waals surface area contributed by atoms with E-state index in [4.69, 9.17) is 33.7 Å². The fourth-order valence-corrected chi connectivity index (χ4v) is 3.36. The van der Waals surface area contributed by atoms with Crippen molar-refractivity contribution in [2.45, 2.75) is 24.7 Å². The Labute approximate surface area is 220 Å². The van der Waals surface area contributed by atoms with Crippen molar-refractivity contribution in [2.75, 3.05) is 13.7 Å². The highest BCUT2D eigenvalue weighted by Gasteiger charge is 2.38. The minimum atomic E-state index is -5.08. The minimum Gasteiger partial charge on any atom is -0.497 e. The van der Waals surface area contributed by atoms with Gasteiger partial charge in [-0.3, -0.25) is 5.10 Å². The smallest absolute Gasteiger partial charge is 0.490 e. The molecule has 1 atom stereocenters. The van der Waals surface area contributed by atoms with Crippen LogP contribution in [-0.4, -0.2) is 63.4 Å². The average molecular weight is 575 g/mol. The molecular formula is C24H19F6N3O7. The molecule has 16 heteroatoms. The number of aromatic nitrogens is 3. The Hall–Kier alpha value is -4.76. The molecule has 0 radical (unpaired) electrons. The molecule has 1 aliphatic heterocycles. The molecule has 10 nitrogen and oxygen atoms in total. The van der Waals surface area contributed by atoms with Crippen LogP contribution in [0.5, 0.6) is 11.5 Å². The van der Waals surface area contributed by atoms with Gasteiger partial charge in [0, 0.05) is 11.8 Å². The number of nitrogens with zero attached hydrogens (tertiary/aromatic N) is 2. The number of hydrogen-bond donors (Lipinski definition) is 3. The minimum absolute atomic E-state index is 0.0828. The number of oxazole rings is 1. The standard InChI is InChI=1S/C20H17N3O3.2C2HF3O2/c1-24-16-3-5-18-13(7-16)6-14(11-25-18)20-23-17-4-2-12(8-19(17)26-20)15-9-21-22-10-15;2*3-2(4,5)1(6)7/h2-5,7-10,14H,6,11H2,1H3,(H,21,22);2*(H,6,7). The number of methoxy groups -OCH3 is 1. The van der Waals surface area contributed by atoms with Gasteiger partial charge in [0.15, 0.2) is 5.58 Å². The van der Waals surface area contributed by atoms with Crippen molar-refractivity contribution in [1.82, 2.24) is 15.2 Å². The van der Waals surface area contributed by atoms with Gasteiger partial charge < -0.3 is 24.1 Å². The summed E-state index contributed by atoms with van der Waals surface area (Å²) in [7, 11) is 1.67. The maximum Gasteiger partial charge on any atom is 0.490 e. The van der Waals surface area contributed by atoms with E-state index in [1.807, 2.05) is 42.6 Å². The summed E-state index contributed by atoms with van der Waals surface area (Å²) in [6, 6.07) is 11.9. The normalized spacial score (nSPS) is 14.5. The number of ether oxygens (including phenoxy) is 2. The van der Waals surface area contributed by atoms with Crippen molar-refractivity contribution >= 4 is 23.0 Å². The third kappa shape index (κ3) is 7.64. The van der Waals surface area contributed by atoms with Gasteiger partial charge in [-0.2, -0.15) is 31.4 Å². The highest BCUT2D eigenvalue weighted by Crippen LogP contribution is 2.35. The first-order valence-corrected chi connectivity index (χ1v) is 11.0. The van der Waals surface area contributed by atoms with Crippen molar-refractivity contribution in [3.8, 4) is 22.6 Å². The number of H-pyrrole nitrogens is 1. The molecular weight excluding hydrogens is 556 g/mol. The van der Waals surface area contributed by atoms with Crippen molar-refractivity contribution in [3.05, 3.63) is 60.2 Å². The summed E-state index contributed by atoms with van der Waals surface area (Å²) in [5.41, 5.74) is 4.80. The number of alkyl halides is 6. The van der Waals surface area contributed by atoms with Gasteiger partial charge in [0.25, 0.3) is 0 Å². The predicted octanol–water partition coefficient (Wildman–Crippen LogP) is 5.21. The second-order valence-electron chi connectivity index (χ2n) is 8.01. The number of rotatable bonds is 3. The Morgan fingerprint density at radius 2 is 1.65 bits per heavy atom. The van der Waals surface area contributed by atoms with E-state index in [1.165, 1.54) is 0 Å². The van der Waals surface area contributed by atoms with Crippen LogP contribution in [0, 0.1) is 0 Å². The molecule has 4 aromatic rings. The third-order valence-corrected chi connectivity index (χ3v) is 5.24. The Morgan fingerprint density at radius 1 is 1.00 bits per heavy atom. The molecule has 0 spiro atoms. The molecule has 3 N–H and O–H groups in total. The van der Waals surface area contributed by atoms with Gasteiger partial charge in [-0.15, -0.1) is 0 Å². The summed E-state index contributed by atoms with van der Waals surface area (Å²) in [4.78, 5) is 22.5. The SMILES string of the molecule is COc1ccc2c(c1)CC(c1nc3ccc(-c4cn[nH]c4)cc3o1)CO2.O=C(O)C(F)(F)F.O=C(O)C(F)(F)F. The first-order valence-electron chi connectivity index (χ1n) is 11.0. The van der Waals surface area contributed by atoms with Gasteiger partial charge >= 0.3 is 24.3 Å². The second kappa shape index (κ2) is 12.0. The van der Waals surface area contributed by atoms with Gasteiger partial charge in [-0.1, -0.05) is 6.07 Å². The molecule has 0 saturated carbocycles. The summed E-state index contributed by atoms with van der Waals surface area (Å²) in [5.74, 6) is -2.99. The number of aliphatic carboxylic acids is 2. The van der Waals surface area contributed by atoms with Crippen LogP contribution in [0.3, 0.4) is 0 Å². The van der Waals surface area contributed by atoms with Crippen LogP contribution in [0.4, 0.5) is 26.3 Å². The summed E-state index contributed by atoms with van der Waals surface area (Å²) < 4.78 is 80.8. The number of halogens is 6. The summed E-state index contributed by atoms with van der Waals surface area (Å²) in [6.07, 6.45) is -5.70. The Balaban J connectivity index is 0.000000263. The van der Waals surface area contributed by atoms with Gasteiger partial charge in [0.1, 0.15) is 23.6 Å². The maximum absolute atomic E-state index is 10.6. The fourth-order valence-electron chi connectivity index (χ4n) is 3.36. The first kappa shape index (κ1) is 29.8. The fraction of sp³-hybridized carbons (Fsp3) is 0.250. The number of hydrogen-bond acceptors (Lipinski definition) is 7. The van der Waals surface area contributed by atoms with Crippen LogP contribution in [0.15, 0.2) is 53.2 Å². The van der Waals surface area contributed by atoms with E-state index in [2.05, 4.69) is 15.2 Å². The number of carboxylic acid groups (broad SMARTS) is 2. The zero-order valence-corrected chi connectivity index (χ0v) is 20.2.